The molecule has 1 N–H and O–H groups in total. The summed E-state index contributed by atoms with van der Waals surface area (Å²) < 4.78 is 54.5. The largest absolute Gasteiger partial charge is 0.274 e. The number of hydrogen-bond donors (Lipinski definition) is 1. The SMILES string of the molecule is C#Cc1cc(F)c(NS(=O)(=O)c2ccc3c(c2)CCC3)c(F)c1. The van der Waals surface area contributed by atoms with Gasteiger partial charge in [-0.25, -0.2) is 17.2 Å². The van der Waals surface area contributed by atoms with E-state index in [0.717, 1.165) is 42.5 Å². The zero-order valence-electron chi connectivity index (χ0n) is 12.1. The number of hydrogen-bond acceptors (Lipinski definition) is 2. The molecular formula is C17H13F2NO2S. The summed E-state index contributed by atoms with van der Waals surface area (Å²) in [6, 6.07) is 6.55. The molecular weight excluding hydrogens is 320 g/mol. The van der Waals surface area contributed by atoms with Gasteiger partial charge in [0, 0.05) is 5.56 Å². The van der Waals surface area contributed by atoms with E-state index in [0.29, 0.717) is 0 Å². The lowest BCUT2D eigenvalue weighted by atomic mass is 10.1. The summed E-state index contributed by atoms with van der Waals surface area (Å²) in [5.74, 6) is -0.00477. The topological polar surface area (TPSA) is 46.2 Å². The van der Waals surface area contributed by atoms with Gasteiger partial charge in [0.1, 0.15) is 5.69 Å². The molecule has 6 heteroatoms. The molecule has 0 heterocycles. The zero-order valence-corrected chi connectivity index (χ0v) is 12.9. The van der Waals surface area contributed by atoms with Crippen molar-refractivity contribution in [2.45, 2.75) is 24.2 Å². The van der Waals surface area contributed by atoms with E-state index < -0.39 is 27.3 Å². The first-order valence-corrected chi connectivity index (χ1v) is 8.49. The third kappa shape index (κ3) is 2.92. The Labute approximate surface area is 133 Å². The molecule has 1 aliphatic rings. The molecule has 0 saturated heterocycles. The zero-order chi connectivity index (χ0) is 16.6. The van der Waals surface area contributed by atoms with Crippen molar-refractivity contribution in [2.75, 3.05) is 4.72 Å². The fourth-order valence-corrected chi connectivity index (χ4v) is 3.79. The van der Waals surface area contributed by atoms with Crippen molar-refractivity contribution >= 4 is 15.7 Å². The number of aryl methyl sites for hydroxylation is 2. The maximum atomic E-state index is 13.9. The molecule has 0 bridgehead atoms. The number of rotatable bonds is 3. The molecule has 0 amide bonds. The number of nitrogens with one attached hydrogen (secondary N) is 1. The molecule has 0 unspecified atom stereocenters. The van der Waals surface area contributed by atoms with E-state index in [9.17, 15) is 17.2 Å². The van der Waals surface area contributed by atoms with E-state index in [1.807, 2.05) is 4.72 Å². The third-order valence-corrected chi connectivity index (χ3v) is 5.17. The van der Waals surface area contributed by atoms with Gasteiger partial charge in [-0.1, -0.05) is 12.0 Å². The summed E-state index contributed by atoms with van der Waals surface area (Å²) in [6.45, 7) is 0. The van der Waals surface area contributed by atoms with Gasteiger partial charge in [-0.05, 0) is 54.7 Å². The molecule has 0 spiro atoms. The number of sulfonamides is 1. The van der Waals surface area contributed by atoms with Crippen molar-refractivity contribution in [3.05, 3.63) is 58.7 Å². The fourth-order valence-electron chi connectivity index (χ4n) is 2.66. The molecule has 118 valence electrons. The predicted octanol–water partition coefficient (Wildman–Crippen LogP) is 3.24. The van der Waals surface area contributed by atoms with Crippen LogP contribution >= 0.6 is 0 Å². The van der Waals surface area contributed by atoms with Crippen LogP contribution in [0.3, 0.4) is 0 Å². The van der Waals surface area contributed by atoms with Crippen LogP contribution in [0.2, 0.25) is 0 Å². The van der Waals surface area contributed by atoms with E-state index in [2.05, 4.69) is 5.92 Å². The van der Waals surface area contributed by atoms with E-state index in [4.69, 9.17) is 6.42 Å². The molecule has 0 aliphatic heterocycles. The molecule has 23 heavy (non-hydrogen) atoms. The minimum Gasteiger partial charge on any atom is -0.274 e. The Morgan fingerprint density at radius 1 is 1.04 bits per heavy atom. The molecule has 2 aromatic rings. The smallest absolute Gasteiger partial charge is 0.262 e. The number of benzene rings is 2. The minimum absolute atomic E-state index is 0.000443. The van der Waals surface area contributed by atoms with E-state index >= 15 is 0 Å². The number of anilines is 1. The molecule has 2 aromatic carbocycles. The van der Waals surface area contributed by atoms with Crippen LogP contribution in [-0.2, 0) is 22.9 Å². The van der Waals surface area contributed by atoms with Crippen molar-refractivity contribution in [3.8, 4) is 12.3 Å². The molecule has 3 rings (SSSR count). The van der Waals surface area contributed by atoms with Crippen molar-refractivity contribution in [1.29, 1.82) is 0 Å². The van der Waals surface area contributed by atoms with Gasteiger partial charge in [-0.15, -0.1) is 6.42 Å². The highest BCUT2D eigenvalue weighted by atomic mass is 32.2. The standard InChI is InChI=1S/C17H13F2NO2S/c1-2-11-8-15(18)17(16(19)9-11)20-23(21,22)14-7-6-12-4-3-5-13(12)10-14/h1,6-10,20H,3-5H2. The summed E-state index contributed by atoms with van der Waals surface area (Å²) in [5.41, 5.74) is 1.33. The lowest BCUT2D eigenvalue weighted by Crippen LogP contribution is -2.15. The molecule has 0 radical (unpaired) electrons. The monoisotopic (exact) mass is 333 g/mol. The highest BCUT2D eigenvalue weighted by molar-refractivity contribution is 7.92. The summed E-state index contributed by atoms with van der Waals surface area (Å²) >= 11 is 0. The van der Waals surface area contributed by atoms with Crippen molar-refractivity contribution in [1.82, 2.24) is 0 Å². The molecule has 1 aliphatic carbocycles. The van der Waals surface area contributed by atoms with Crippen molar-refractivity contribution < 1.29 is 17.2 Å². The fraction of sp³-hybridized carbons (Fsp3) is 0.176. The van der Waals surface area contributed by atoms with E-state index in [-0.39, 0.29) is 10.5 Å². The summed E-state index contributed by atoms with van der Waals surface area (Å²) in [4.78, 5) is -0.0158. The second kappa shape index (κ2) is 5.67. The summed E-state index contributed by atoms with van der Waals surface area (Å²) in [5, 5.41) is 0. The second-order valence-electron chi connectivity index (χ2n) is 5.35. The molecule has 0 saturated carbocycles. The highest BCUT2D eigenvalue weighted by Gasteiger charge is 2.22. The van der Waals surface area contributed by atoms with Crippen LogP contribution in [0.25, 0.3) is 0 Å². The van der Waals surface area contributed by atoms with Gasteiger partial charge in [0.2, 0.25) is 0 Å². The molecule has 0 atom stereocenters. The van der Waals surface area contributed by atoms with Gasteiger partial charge >= 0.3 is 0 Å². The number of terminal acetylenes is 1. The van der Waals surface area contributed by atoms with Crippen molar-refractivity contribution in [3.63, 3.8) is 0 Å². The highest BCUT2D eigenvalue weighted by Crippen LogP contribution is 2.27. The van der Waals surface area contributed by atoms with Crippen LogP contribution in [0.4, 0.5) is 14.5 Å². The third-order valence-electron chi connectivity index (χ3n) is 3.83. The maximum absolute atomic E-state index is 13.9. The van der Waals surface area contributed by atoms with E-state index in [1.54, 1.807) is 12.1 Å². The van der Waals surface area contributed by atoms with Crippen LogP contribution in [0.5, 0.6) is 0 Å². The summed E-state index contributed by atoms with van der Waals surface area (Å²) in [7, 11) is -4.08. The van der Waals surface area contributed by atoms with Crippen LogP contribution in [-0.4, -0.2) is 8.42 Å². The lowest BCUT2D eigenvalue weighted by Gasteiger charge is -2.11. The quantitative estimate of drug-likeness (QED) is 0.877. The maximum Gasteiger partial charge on any atom is 0.262 e. The first kappa shape index (κ1) is 15.5. The Hall–Kier alpha value is -2.39. The normalized spacial score (nSPS) is 13.4. The van der Waals surface area contributed by atoms with Gasteiger partial charge in [0.25, 0.3) is 10.0 Å². The molecule has 0 aromatic heterocycles. The summed E-state index contributed by atoms with van der Waals surface area (Å²) in [6.07, 6.45) is 7.78. The van der Waals surface area contributed by atoms with Gasteiger partial charge in [-0.3, -0.25) is 4.72 Å². The van der Waals surface area contributed by atoms with Crippen LogP contribution < -0.4 is 4.72 Å². The first-order valence-electron chi connectivity index (χ1n) is 7.01. The first-order chi connectivity index (χ1) is 10.9. The van der Waals surface area contributed by atoms with Crippen LogP contribution in [0.15, 0.2) is 35.2 Å². The Balaban J connectivity index is 1.98. The van der Waals surface area contributed by atoms with Crippen LogP contribution in [0, 0.1) is 24.0 Å². The van der Waals surface area contributed by atoms with E-state index in [1.165, 1.54) is 6.07 Å². The Morgan fingerprint density at radius 3 is 2.35 bits per heavy atom. The number of fused-ring (bicyclic) bond motifs is 1. The molecule has 0 fully saturated rings. The predicted molar refractivity (Wildman–Crippen MR) is 83.6 cm³/mol. The number of halogens is 2. The average molecular weight is 333 g/mol. The Morgan fingerprint density at radius 2 is 1.70 bits per heavy atom. The van der Waals surface area contributed by atoms with Gasteiger partial charge in [0.15, 0.2) is 11.6 Å². The van der Waals surface area contributed by atoms with Crippen LogP contribution in [0.1, 0.15) is 23.1 Å². The van der Waals surface area contributed by atoms with Crippen molar-refractivity contribution in [2.24, 2.45) is 0 Å². The second-order valence-corrected chi connectivity index (χ2v) is 7.03. The average Bonchev–Trinajstić information content (AvgIpc) is 2.98. The van der Waals surface area contributed by atoms with Gasteiger partial charge in [-0.2, -0.15) is 0 Å². The lowest BCUT2D eigenvalue weighted by molar-refractivity contribution is 0.582. The molecule has 3 nitrogen and oxygen atoms in total. The van der Waals surface area contributed by atoms with Gasteiger partial charge < -0.3 is 0 Å². The Bertz CT molecular complexity index is 907. The van der Waals surface area contributed by atoms with Gasteiger partial charge in [0.05, 0.1) is 4.90 Å². The minimum atomic E-state index is -4.08. The Kier molecular flexibility index (Phi) is 3.82.